The zero-order chi connectivity index (χ0) is 29.5. The number of piperidine rings is 1. The summed E-state index contributed by atoms with van der Waals surface area (Å²) in [6.07, 6.45) is 0.872. The lowest BCUT2D eigenvalue weighted by molar-refractivity contribution is 0.101. The van der Waals surface area contributed by atoms with Crippen LogP contribution in [-0.4, -0.2) is 29.5 Å². The largest absolute Gasteiger partial charge is 0.369 e. The summed E-state index contributed by atoms with van der Waals surface area (Å²) in [4.78, 5) is 40.6. The van der Waals surface area contributed by atoms with Gasteiger partial charge in [-0.2, -0.15) is 0 Å². The summed E-state index contributed by atoms with van der Waals surface area (Å²) in [7, 11) is 0. The van der Waals surface area contributed by atoms with Gasteiger partial charge < -0.3 is 20.1 Å². The van der Waals surface area contributed by atoms with E-state index < -0.39 is 40.6 Å². The zero-order valence-corrected chi connectivity index (χ0v) is 22.0. The van der Waals surface area contributed by atoms with Crippen LogP contribution in [0.5, 0.6) is 0 Å². The molecule has 2 aliphatic rings. The Morgan fingerprint density at radius 1 is 0.738 bits per heavy atom. The lowest BCUT2D eigenvalue weighted by Gasteiger charge is -2.44. The third-order valence-corrected chi connectivity index (χ3v) is 7.69. The first-order valence-corrected chi connectivity index (χ1v) is 13.3. The Labute approximate surface area is 237 Å². The zero-order valence-electron chi connectivity index (χ0n) is 22.0. The smallest absolute Gasteiger partial charge is 0.261 e. The summed E-state index contributed by atoms with van der Waals surface area (Å²) in [5.74, 6) is -5.87. The number of anilines is 3. The lowest BCUT2D eigenvalue weighted by Crippen LogP contribution is -2.47. The molecule has 2 atom stereocenters. The molecule has 1 saturated heterocycles. The number of carbonyl (C=O) groups is 2. The third-order valence-electron chi connectivity index (χ3n) is 7.69. The molecule has 0 spiro atoms. The summed E-state index contributed by atoms with van der Waals surface area (Å²) in [5, 5.41) is 5.05. The van der Waals surface area contributed by atoms with Crippen molar-refractivity contribution in [3.8, 4) is 0 Å². The number of fused-ring (bicyclic) bond motifs is 4. The van der Waals surface area contributed by atoms with E-state index in [1.165, 1.54) is 24.3 Å². The van der Waals surface area contributed by atoms with Crippen molar-refractivity contribution < 1.29 is 27.2 Å². The number of carbonyl (C=O) groups excluding carboxylic acids is 2. The van der Waals surface area contributed by atoms with Gasteiger partial charge in [-0.3, -0.25) is 14.4 Å². The number of amides is 2. The molecule has 0 radical (unpaired) electrons. The lowest BCUT2D eigenvalue weighted by atomic mass is 9.83. The van der Waals surface area contributed by atoms with Gasteiger partial charge in [0.05, 0.1) is 11.4 Å². The number of halogens is 4. The maximum Gasteiger partial charge on any atom is 0.261 e. The number of hydrogen-bond donors (Lipinski definition) is 2. The second-order valence-corrected chi connectivity index (χ2v) is 10.5. The van der Waals surface area contributed by atoms with Crippen LogP contribution in [0.1, 0.15) is 38.7 Å². The number of rotatable bonds is 5. The molecule has 2 N–H and O–H groups in total. The van der Waals surface area contributed by atoms with E-state index in [0.717, 1.165) is 42.4 Å². The standard InChI is InChI=1S/C31H24F4N4O3/c32-21-9-8-20(13-24(21)35)36-30(41)18-7-10-27(25(12-18)37-31(42)29-22(33)3-1-4-23(29)34)38-14-17-11-19(16-38)26-5-2-6-28(40)39(26)15-17/h1-10,12-13,17,19H,11,14-16H2,(H,36,41)(H,37,42)/t17-,19+/m1/s1. The maximum absolute atomic E-state index is 14.4. The fraction of sp³-hybridized carbons (Fsp3) is 0.194. The van der Waals surface area contributed by atoms with Crippen LogP contribution in [-0.2, 0) is 6.54 Å². The van der Waals surface area contributed by atoms with Gasteiger partial charge in [0, 0.05) is 54.6 Å². The Hall–Kier alpha value is -4.93. The Bertz CT molecular complexity index is 1770. The topological polar surface area (TPSA) is 83.4 Å². The van der Waals surface area contributed by atoms with Gasteiger partial charge in [-0.1, -0.05) is 12.1 Å². The molecule has 42 heavy (non-hydrogen) atoms. The molecule has 11 heteroatoms. The van der Waals surface area contributed by atoms with E-state index in [2.05, 4.69) is 10.6 Å². The Morgan fingerprint density at radius 3 is 2.26 bits per heavy atom. The fourth-order valence-corrected chi connectivity index (χ4v) is 5.82. The van der Waals surface area contributed by atoms with Gasteiger partial charge in [-0.25, -0.2) is 17.6 Å². The maximum atomic E-state index is 14.4. The molecule has 3 aromatic carbocycles. The Morgan fingerprint density at radius 2 is 1.50 bits per heavy atom. The molecule has 0 aliphatic carbocycles. The molecule has 0 saturated carbocycles. The summed E-state index contributed by atoms with van der Waals surface area (Å²) in [5.41, 5.74) is 0.791. The molecular weight excluding hydrogens is 552 g/mol. The summed E-state index contributed by atoms with van der Waals surface area (Å²) in [6.45, 7) is 1.56. The number of hydrogen-bond acceptors (Lipinski definition) is 4. The normalized spacial score (nSPS) is 17.4. The van der Waals surface area contributed by atoms with Crippen molar-refractivity contribution in [1.82, 2.24) is 4.57 Å². The molecular formula is C31H24F4N4O3. The molecule has 2 aliphatic heterocycles. The minimum absolute atomic E-state index is 0.0137. The first-order chi connectivity index (χ1) is 20.2. The van der Waals surface area contributed by atoms with Gasteiger partial charge in [0.15, 0.2) is 11.6 Å². The van der Waals surface area contributed by atoms with Gasteiger partial charge in [0.2, 0.25) is 0 Å². The van der Waals surface area contributed by atoms with Crippen LogP contribution in [0.4, 0.5) is 34.6 Å². The summed E-state index contributed by atoms with van der Waals surface area (Å²) < 4.78 is 57.7. The minimum atomic E-state index is -1.14. The highest BCUT2D eigenvalue weighted by atomic mass is 19.2. The van der Waals surface area contributed by atoms with Crippen LogP contribution < -0.4 is 21.1 Å². The number of nitrogens with one attached hydrogen (secondary N) is 2. The monoisotopic (exact) mass is 576 g/mol. The van der Waals surface area contributed by atoms with Gasteiger partial charge in [0.25, 0.3) is 17.4 Å². The second kappa shape index (κ2) is 10.8. The number of nitrogens with zero attached hydrogens (tertiary/aromatic N) is 2. The van der Waals surface area contributed by atoms with Crippen molar-refractivity contribution >= 4 is 28.9 Å². The van der Waals surface area contributed by atoms with Crippen molar-refractivity contribution in [1.29, 1.82) is 0 Å². The average Bonchev–Trinajstić information content (AvgIpc) is 2.95. The number of aromatic nitrogens is 1. The van der Waals surface area contributed by atoms with Crippen LogP contribution >= 0.6 is 0 Å². The van der Waals surface area contributed by atoms with E-state index in [0.29, 0.717) is 25.3 Å². The van der Waals surface area contributed by atoms with Crippen molar-refractivity contribution in [3.63, 3.8) is 0 Å². The van der Waals surface area contributed by atoms with Gasteiger partial charge in [-0.15, -0.1) is 0 Å². The average molecular weight is 577 g/mol. The summed E-state index contributed by atoms with van der Waals surface area (Å²) >= 11 is 0. The van der Waals surface area contributed by atoms with Crippen molar-refractivity contribution in [2.75, 3.05) is 28.6 Å². The van der Waals surface area contributed by atoms with Crippen molar-refractivity contribution in [2.45, 2.75) is 18.9 Å². The molecule has 2 bridgehead atoms. The van der Waals surface area contributed by atoms with Crippen LogP contribution in [0, 0.1) is 29.2 Å². The number of pyridine rings is 1. The predicted molar refractivity (Wildman–Crippen MR) is 149 cm³/mol. The van der Waals surface area contributed by atoms with Crippen LogP contribution in [0.3, 0.4) is 0 Å². The quantitative estimate of drug-likeness (QED) is 0.306. The van der Waals surface area contributed by atoms with Crippen LogP contribution in [0.25, 0.3) is 0 Å². The third kappa shape index (κ3) is 5.13. The molecule has 1 fully saturated rings. The molecule has 3 heterocycles. The second-order valence-electron chi connectivity index (χ2n) is 10.5. The van der Waals surface area contributed by atoms with E-state index >= 15 is 0 Å². The molecule has 0 unspecified atom stereocenters. The highest BCUT2D eigenvalue weighted by Gasteiger charge is 2.35. The minimum Gasteiger partial charge on any atom is -0.369 e. The molecule has 4 aromatic rings. The molecule has 2 amide bonds. The SMILES string of the molecule is O=C(Nc1ccc(F)c(F)c1)c1ccc(N2C[C@H]3C[C@@H](C2)c2cccc(=O)n2C3)c(NC(=O)c2c(F)cccc2F)c1. The highest BCUT2D eigenvalue weighted by Crippen LogP contribution is 2.39. The van der Waals surface area contributed by atoms with Crippen molar-refractivity contribution in [2.24, 2.45) is 5.92 Å². The highest BCUT2D eigenvalue weighted by molar-refractivity contribution is 6.09. The molecule has 6 rings (SSSR count). The van der Waals surface area contributed by atoms with Gasteiger partial charge in [-0.05, 0) is 60.9 Å². The van der Waals surface area contributed by atoms with E-state index in [9.17, 15) is 31.9 Å². The fourth-order valence-electron chi connectivity index (χ4n) is 5.82. The van der Waals surface area contributed by atoms with E-state index in [4.69, 9.17) is 0 Å². The summed E-state index contributed by atoms with van der Waals surface area (Å²) in [6, 6.07) is 15.7. The predicted octanol–water partition coefficient (Wildman–Crippen LogP) is 5.53. The Kier molecular flexibility index (Phi) is 7.01. The van der Waals surface area contributed by atoms with E-state index in [1.54, 1.807) is 16.7 Å². The van der Waals surface area contributed by atoms with Crippen LogP contribution in [0.2, 0.25) is 0 Å². The molecule has 7 nitrogen and oxygen atoms in total. The Balaban J connectivity index is 1.35. The molecule has 1 aromatic heterocycles. The first-order valence-electron chi connectivity index (χ1n) is 13.3. The van der Waals surface area contributed by atoms with E-state index in [1.807, 2.05) is 11.0 Å². The van der Waals surface area contributed by atoms with Gasteiger partial charge >= 0.3 is 0 Å². The first kappa shape index (κ1) is 27.3. The molecule has 214 valence electrons. The van der Waals surface area contributed by atoms with Gasteiger partial charge in [0.1, 0.15) is 17.2 Å². The van der Waals surface area contributed by atoms with E-state index in [-0.39, 0.29) is 34.3 Å². The van der Waals surface area contributed by atoms with Crippen molar-refractivity contribution in [3.05, 3.63) is 123 Å². The van der Waals surface area contributed by atoms with Crippen LogP contribution in [0.15, 0.2) is 77.6 Å². The number of benzene rings is 3.